The highest BCUT2D eigenvalue weighted by atomic mass is 16.6. The molecular formula is C16H20N4O6. The van der Waals surface area contributed by atoms with Crippen LogP contribution in [0.1, 0.15) is 16.1 Å². The number of nitrogens with zero attached hydrogens (tertiary/aromatic N) is 3. The van der Waals surface area contributed by atoms with E-state index >= 15 is 0 Å². The second-order valence-corrected chi connectivity index (χ2v) is 5.26. The maximum Gasteiger partial charge on any atom is 0.390 e. The van der Waals surface area contributed by atoms with E-state index in [4.69, 9.17) is 14.2 Å². The quantitative estimate of drug-likeness (QED) is 0.558. The molecule has 1 amide bonds. The van der Waals surface area contributed by atoms with Crippen molar-refractivity contribution < 1.29 is 23.9 Å². The Kier molecular flexibility index (Phi) is 5.99. The number of hydrogen-bond acceptors (Lipinski definition) is 7. The summed E-state index contributed by atoms with van der Waals surface area (Å²) in [6.07, 6.45) is 0. The van der Waals surface area contributed by atoms with Gasteiger partial charge in [-0.2, -0.15) is 4.68 Å². The highest BCUT2D eigenvalue weighted by Crippen LogP contribution is 2.39. The van der Waals surface area contributed by atoms with Crippen LogP contribution in [0.15, 0.2) is 18.2 Å². The fourth-order valence-corrected chi connectivity index (χ4v) is 2.46. The SMILES string of the molecule is COc1ccc(C(=O)NCCn2nc([N+](=O)[O-])cc2C)c(OC)c1OC. The molecule has 1 aromatic heterocycles. The maximum absolute atomic E-state index is 12.5. The molecule has 2 rings (SSSR count). The lowest BCUT2D eigenvalue weighted by Crippen LogP contribution is -2.28. The topological polar surface area (TPSA) is 118 Å². The van der Waals surface area contributed by atoms with E-state index in [9.17, 15) is 14.9 Å². The zero-order valence-corrected chi connectivity index (χ0v) is 14.9. The predicted octanol–water partition coefficient (Wildman–Crippen LogP) is 1.56. The Bertz CT molecular complexity index is 817. The van der Waals surface area contributed by atoms with E-state index in [2.05, 4.69) is 10.4 Å². The highest BCUT2D eigenvalue weighted by molar-refractivity contribution is 5.98. The summed E-state index contributed by atoms with van der Waals surface area (Å²) in [6, 6.07) is 4.55. The van der Waals surface area contributed by atoms with E-state index in [0.29, 0.717) is 23.7 Å². The second-order valence-electron chi connectivity index (χ2n) is 5.26. The first-order valence-corrected chi connectivity index (χ1v) is 7.69. The minimum absolute atomic E-state index is 0.226. The molecule has 140 valence electrons. The van der Waals surface area contributed by atoms with Gasteiger partial charge in [0.25, 0.3) is 5.91 Å². The van der Waals surface area contributed by atoms with Crippen LogP contribution in [0.2, 0.25) is 0 Å². The lowest BCUT2D eigenvalue weighted by atomic mass is 10.1. The van der Waals surface area contributed by atoms with Gasteiger partial charge in [-0.1, -0.05) is 0 Å². The Labute approximate surface area is 149 Å². The number of methoxy groups -OCH3 is 3. The summed E-state index contributed by atoms with van der Waals surface area (Å²) in [5, 5.41) is 17.3. The van der Waals surface area contributed by atoms with Crippen molar-refractivity contribution in [3.63, 3.8) is 0 Å². The van der Waals surface area contributed by atoms with Crippen LogP contribution < -0.4 is 19.5 Å². The van der Waals surface area contributed by atoms with Gasteiger partial charge < -0.3 is 29.6 Å². The van der Waals surface area contributed by atoms with Crippen molar-refractivity contribution in [2.24, 2.45) is 0 Å². The summed E-state index contributed by atoms with van der Waals surface area (Å²) in [5.74, 6) is 0.425. The van der Waals surface area contributed by atoms with Crippen molar-refractivity contribution in [1.29, 1.82) is 0 Å². The Hall–Kier alpha value is -3.30. The van der Waals surface area contributed by atoms with Crippen LogP contribution >= 0.6 is 0 Å². The van der Waals surface area contributed by atoms with Gasteiger partial charge in [0.05, 0.1) is 50.3 Å². The number of hydrogen-bond donors (Lipinski definition) is 1. The van der Waals surface area contributed by atoms with Crippen molar-refractivity contribution in [3.8, 4) is 17.2 Å². The number of aromatic nitrogens is 2. The number of aryl methyl sites for hydroxylation is 1. The van der Waals surface area contributed by atoms with E-state index in [1.54, 1.807) is 19.1 Å². The third kappa shape index (κ3) is 3.85. The molecule has 0 bridgehead atoms. The van der Waals surface area contributed by atoms with Crippen molar-refractivity contribution in [2.45, 2.75) is 13.5 Å². The molecule has 0 aliphatic carbocycles. The predicted molar refractivity (Wildman–Crippen MR) is 92.0 cm³/mol. The summed E-state index contributed by atoms with van der Waals surface area (Å²) >= 11 is 0. The van der Waals surface area contributed by atoms with Crippen LogP contribution in [0.5, 0.6) is 17.2 Å². The molecular weight excluding hydrogens is 344 g/mol. The van der Waals surface area contributed by atoms with Gasteiger partial charge in [-0.05, 0) is 24.0 Å². The Morgan fingerprint density at radius 2 is 1.92 bits per heavy atom. The molecule has 0 unspecified atom stereocenters. The molecule has 1 N–H and O–H groups in total. The fourth-order valence-electron chi connectivity index (χ4n) is 2.46. The number of benzene rings is 1. The number of nitrogens with one attached hydrogen (secondary N) is 1. The zero-order chi connectivity index (χ0) is 19.3. The molecule has 2 aromatic rings. The maximum atomic E-state index is 12.5. The lowest BCUT2D eigenvalue weighted by Gasteiger charge is -2.15. The minimum Gasteiger partial charge on any atom is -0.493 e. The summed E-state index contributed by atoms with van der Waals surface area (Å²) in [4.78, 5) is 22.6. The van der Waals surface area contributed by atoms with Crippen molar-refractivity contribution in [3.05, 3.63) is 39.6 Å². The summed E-state index contributed by atoms with van der Waals surface area (Å²) in [5.41, 5.74) is 0.919. The van der Waals surface area contributed by atoms with Gasteiger partial charge in [0.2, 0.25) is 5.75 Å². The number of amides is 1. The monoisotopic (exact) mass is 364 g/mol. The van der Waals surface area contributed by atoms with Gasteiger partial charge in [-0.3, -0.25) is 4.79 Å². The third-order valence-corrected chi connectivity index (χ3v) is 3.71. The number of carbonyl (C=O) groups excluding carboxylic acids is 1. The van der Waals surface area contributed by atoms with Crippen molar-refractivity contribution >= 4 is 11.7 Å². The number of nitro groups is 1. The van der Waals surface area contributed by atoms with Gasteiger partial charge in [0.1, 0.15) is 0 Å². The van der Waals surface area contributed by atoms with Crippen LogP contribution in [0.25, 0.3) is 0 Å². The Balaban J connectivity index is 2.10. The van der Waals surface area contributed by atoms with E-state index < -0.39 is 4.92 Å². The minimum atomic E-state index is -0.559. The third-order valence-electron chi connectivity index (χ3n) is 3.71. The van der Waals surface area contributed by atoms with Gasteiger partial charge in [-0.25, -0.2) is 0 Å². The average molecular weight is 364 g/mol. The van der Waals surface area contributed by atoms with Crippen LogP contribution in [-0.2, 0) is 6.54 Å². The molecule has 1 heterocycles. The molecule has 0 aliphatic heterocycles. The molecule has 1 aromatic carbocycles. The van der Waals surface area contributed by atoms with Crippen molar-refractivity contribution in [2.75, 3.05) is 27.9 Å². The molecule has 0 saturated carbocycles. The summed E-state index contributed by atoms with van der Waals surface area (Å²) in [7, 11) is 4.37. The van der Waals surface area contributed by atoms with Gasteiger partial charge in [0, 0.05) is 6.54 Å². The van der Waals surface area contributed by atoms with Gasteiger partial charge >= 0.3 is 5.82 Å². The van der Waals surface area contributed by atoms with Crippen molar-refractivity contribution in [1.82, 2.24) is 15.1 Å². The molecule has 26 heavy (non-hydrogen) atoms. The zero-order valence-electron chi connectivity index (χ0n) is 14.9. The van der Waals surface area contributed by atoms with E-state index in [1.165, 1.54) is 32.1 Å². The average Bonchev–Trinajstić information content (AvgIpc) is 3.01. The highest BCUT2D eigenvalue weighted by Gasteiger charge is 2.21. The van der Waals surface area contributed by atoms with Crippen LogP contribution in [0, 0.1) is 17.0 Å². The molecule has 0 saturated heterocycles. The molecule has 0 aliphatic rings. The second kappa shape index (κ2) is 8.19. The standard InChI is InChI=1S/C16H20N4O6/c1-10-9-13(20(22)23)18-19(10)8-7-17-16(21)11-5-6-12(24-2)15(26-4)14(11)25-3/h5-6,9H,7-8H2,1-4H3,(H,17,21). The molecule has 10 heteroatoms. The number of carbonyl (C=O) groups is 1. The molecule has 0 spiro atoms. The van der Waals surface area contributed by atoms with E-state index in [0.717, 1.165) is 0 Å². The molecule has 0 atom stereocenters. The first-order valence-electron chi connectivity index (χ1n) is 7.69. The van der Waals surface area contributed by atoms with Crippen LogP contribution in [-0.4, -0.2) is 48.5 Å². The van der Waals surface area contributed by atoms with Gasteiger partial charge in [-0.15, -0.1) is 0 Å². The van der Waals surface area contributed by atoms with Gasteiger partial charge in [0.15, 0.2) is 11.5 Å². The van der Waals surface area contributed by atoms with Crippen LogP contribution in [0.3, 0.4) is 0 Å². The summed E-state index contributed by atoms with van der Waals surface area (Å²) < 4.78 is 17.2. The first-order chi connectivity index (χ1) is 12.4. The van der Waals surface area contributed by atoms with E-state index in [-0.39, 0.29) is 29.6 Å². The molecule has 0 fully saturated rings. The summed E-state index contributed by atoms with van der Waals surface area (Å²) in [6.45, 7) is 2.23. The smallest absolute Gasteiger partial charge is 0.390 e. The molecule has 10 nitrogen and oxygen atoms in total. The Morgan fingerprint density at radius 1 is 1.23 bits per heavy atom. The van der Waals surface area contributed by atoms with E-state index in [1.807, 2.05) is 0 Å². The largest absolute Gasteiger partial charge is 0.493 e. The fraction of sp³-hybridized carbons (Fsp3) is 0.375. The lowest BCUT2D eigenvalue weighted by molar-refractivity contribution is -0.389. The first kappa shape index (κ1) is 19.0. The number of ether oxygens (including phenoxy) is 3. The Morgan fingerprint density at radius 3 is 2.46 bits per heavy atom. The number of rotatable bonds is 8. The normalized spacial score (nSPS) is 10.3. The molecule has 0 radical (unpaired) electrons. The van der Waals surface area contributed by atoms with Crippen LogP contribution in [0.4, 0.5) is 5.82 Å².